The second kappa shape index (κ2) is 12.7. The molecule has 5 nitrogen and oxygen atoms in total. The van der Waals surface area contributed by atoms with Gasteiger partial charge in [0.05, 0.1) is 14.5 Å². The number of nitrogens with one attached hydrogen (secondary N) is 1. The molecular formula is C23H26BrCl3N2O3. The van der Waals surface area contributed by atoms with Gasteiger partial charge in [-0.25, -0.2) is 0 Å². The highest BCUT2D eigenvalue weighted by molar-refractivity contribution is 9.10. The molecule has 1 N–H and O–H groups in total. The molecule has 1 atom stereocenters. The fourth-order valence-electron chi connectivity index (χ4n) is 2.99. The van der Waals surface area contributed by atoms with E-state index in [0.717, 1.165) is 5.56 Å². The van der Waals surface area contributed by atoms with Crippen LogP contribution in [-0.4, -0.2) is 35.9 Å². The van der Waals surface area contributed by atoms with Crippen LogP contribution in [0.2, 0.25) is 15.1 Å². The van der Waals surface area contributed by atoms with Gasteiger partial charge in [-0.3, -0.25) is 9.59 Å². The largest absolute Gasteiger partial charge is 0.483 e. The summed E-state index contributed by atoms with van der Waals surface area (Å²) in [4.78, 5) is 27.6. The summed E-state index contributed by atoms with van der Waals surface area (Å²) in [5.74, 6) is 0.238. The van der Waals surface area contributed by atoms with Crippen molar-refractivity contribution < 1.29 is 14.3 Å². The molecule has 0 fully saturated rings. The maximum atomic E-state index is 13.2. The molecule has 32 heavy (non-hydrogen) atoms. The van der Waals surface area contributed by atoms with E-state index in [1.807, 2.05) is 20.8 Å². The highest BCUT2D eigenvalue weighted by Gasteiger charge is 2.29. The van der Waals surface area contributed by atoms with Crippen molar-refractivity contribution in [3.63, 3.8) is 0 Å². The normalized spacial score (nSPS) is 11.9. The predicted molar refractivity (Wildman–Crippen MR) is 134 cm³/mol. The van der Waals surface area contributed by atoms with E-state index in [1.54, 1.807) is 36.4 Å². The Hall–Kier alpha value is -1.47. The van der Waals surface area contributed by atoms with E-state index in [-0.39, 0.29) is 25.0 Å². The van der Waals surface area contributed by atoms with Crippen LogP contribution in [0.15, 0.2) is 40.9 Å². The molecule has 0 aliphatic heterocycles. The van der Waals surface area contributed by atoms with Gasteiger partial charge in [-0.2, -0.15) is 0 Å². The average molecular weight is 565 g/mol. The number of halogens is 4. The van der Waals surface area contributed by atoms with Gasteiger partial charge >= 0.3 is 0 Å². The van der Waals surface area contributed by atoms with Crippen molar-refractivity contribution in [3.05, 3.63) is 61.5 Å². The van der Waals surface area contributed by atoms with Crippen LogP contribution in [0.4, 0.5) is 0 Å². The van der Waals surface area contributed by atoms with Crippen LogP contribution >= 0.6 is 50.7 Å². The smallest absolute Gasteiger partial charge is 0.261 e. The molecule has 0 bridgehead atoms. The summed E-state index contributed by atoms with van der Waals surface area (Å²) in [6.45, 7) is 6.36. The van der Waals surface area contributed by atoms with Crippen molar-refractivity contribution in [2.45, 2.75) is 39.8 Å². The van der Waals surface area contributed by atoms with Gasteiger partial charge in [0, 0.05) is 18.1 Å². The number of carbonyl (C=O) groups excluding carboxylic acids is 2. The topological polar surface area (TPSA) is 58.6 Å². The van der Waals surface area contributed by atoms with Gasteiger partial charge in [-0.1, -0.05) is 61.6 Å². The van der Waals surface area contributed by atoms with Crippen LogP contribution in [0, 0.1) is 5.92 Å². The minimum atomic E-state index is -0.659. The third kappa shape index (κ3) is 7.84. The number of benzene rings is 2. The lowest BCUT2D eigenvalue weighted by atomic mass is 10.1. The molecule has 2 amide bonds. The Morgan fingerprint density at radius 1 is 1.09 bits per heavy atom. The Morgan fingerprint density at radius 3 is 2.41 bits per heavy atom. The summed E-state index contributed by atoms with van der Waals surface area (Å²) in [5.41, 5.74) is 0.760. The summed E-state index contributed by atoms with van der Waals surface area (Å²) < 4.78 is 6.35. The van der Waals surface area contributed by atoms with Crippen molar-refractivity contribution in [1.29, 1.82) is 0 Å². The standard InChI is InChI=1S/C23H26BrCl3N2O3/c1-4-20(23(31)28-11-14(2)3)29(12-15-5-7-18(26)19(27)9-15)22(30)13-32-21-8-6-16(25)10-17(21)24/h5-10,14,20H,4,11-13H2,1-3H3,(H,28,31)/t20-/m1/s1. The van der Waals surface area contributed by atoms with E-state index in [0.29, 0.717) is 44.2 Å². The molecule has 0 unspecified atom stereocenters. The molecule has 0 aliphatic rings. The molecule has 0 radical (unpaired) electrons. The fourth-order valence-corrected chi connectivity index (χ4v) is 4.11. The molecule has 0 aliphatic carbocycles. The highest BCUT2D eigenvalue weighted by atomic mass is 79.9. The maximum absolute atomic E-state index is 13.2. The second-order valence-corrected chi connectivity index (χ2v) is 9.80. The number of amides is 2. The monoisotopic (exact) mass is 562 g/mol. The number of ether oxygens (including phenoxy) is 1. The maximum Gasteiger partial charge on any atom is 0.261 e. The lowest BCUT2D eigenvalue weighted by molar-refractivity contribution is -0.143. The molecule has 0 heterocycles. The van der Waals surface area contributed by atoms with E-state index in [9.17, 15) is 9.59 Å². The average Bonchev–Trinajstić information content (AvgIpc) is 2.73. The summed E-state index contributed by atoms with van der Waals surface area (Å²) in [6, 6.07) is 9.52. The molecular weight excluding hydrogens is 539 g/mol. The Morgan fingerprint density at radius 2 is 1.81 bits per heavy atom. The van der Waals surface area contributed by atoms with Crippen LogP contribution in [0.25, 0.3) is 0 Å². The molecule has 0 saturated carbocycles. The first-order valence-electron chi connectivity index (χ1n) is 10.2. The van der Waals surface area contributed by atoms with Crippen LogP contribution in [-0.2, 0) is 16.1 Å². The summed E-state index contributed by atoms with van der Waals surface area (Å²) >= 11 is 21.5. The molecule has 9 heteroatoms. The molecule has 0 aromatic heterocycles. The van der Waals surface area contributed by atoms with Crippen molar-refractivity contribution in [2.24, 2.45) is 5.92 Å². The first-order valence-corrected chi connectivity index (χ1v) is 12.1. The highest BCUT2D eigenvalue weighted by Crippen LogP contribution is 2.28. The van der Waals surface area contributed by atoms with Crippen LogP contribution in [0.5, 0.6) is 5.75 Å². The van der Waals surface area contributed by atoms with Gasteiger partial charge in [0.1, 0.15) is 11.8 Å². The Kier molecular flexibility index (Phi) is 10.6. The Balaban J connectivity index is 2.24. The first kappa shape index (κ1) is 26.8. The zero-order valence-electron chi connectivity index (χ0n) is 18.1. The molecule has 2 aromatic rings. The SMILES string of the molecule is CC[C@H](C(=O)NCC(C)C)N(Cc1ccc(Cl)c(Cl)c1)C(=O)COc1ccc(Cl)cc1Br. The van der Waals surface area contributed by atoms with Gasteiger partial charge in [-0.05, 0) is 64.2 Å². The van der Waals surface area contributed by atoms with Crippen LogP contribution < -0.4 is 10.1 Å². The first-order chi connectivity index (χ1) is 15.1. The number of nitrogens with zero attached hydrogens (tertiary/aromatic N) is 1. The van der Waals surface area contributed by atoms with E-state index >= 15 is 0 Å². The fraction of sp³-hybridized carbons (Fsp3) is 0.391. The number of hydrogen-bond acceptors (Lipinski definition) is 3. The van der Waals surface area contributed by atoms with Gasteiger partial charge in [-0.15, -0.1) is 0 Å². The van der Waals surface area contributed by atoms with Crippen molar-refractivity contribution in [3.8, 4) is 5.75 Å². The predicted octanol–water partition coefficient (Wildman–Crippen LogP) is 6.37. The van der Waals surface area contributed by atoms with Crippen LogP contribution in [0.1, 0.15) is 32.8 Å². The van der Waals surface area contributed by atoms with Crippen molar-refractivity contribution >= 4 is 62.5 Å². The third-order valence-corrected chi connectivity index (χ3v) is 6.25. The summed E-state index contributed by atoms with van der Waals surface area (Å²) in [5, 5.41) is 4.27. The van der Waals surface area contributed by atoms with Gasteiger partial charge in [0.25, 0.3) is 5.91 Å². The zero-order valence-corrected chi connectivity index (χ0v) is 22.0. The molecule has 0 saturated heterocycles. The van der Waals surface area contributed by atoms with E-state index < -0.39 is 6.04 Å². The quantitative estimate of drug-likeness (QED) is 0.365. The number of hydrogen-bond donors (Lipinski definition) is 1. The Labute approximate surface area is 212 Å². The second-order valence-electron chi connectivity index (χ2n) is 7.70. The van der Waals surface area contributed by atoms with Gasteiger partial charge in [0.15, 0.2) is 6.61 Å². The number of carbonyl (C=O) groups is 2. The molecule has 2 rings (SSSR count). The van der Waals surface area contributed by atoms with Crippen LogP contribution in [0.3, 0.4) is 0 Å². The lowest BCUT2D eigenvalue weighted by Crippen LogP contribution is -2.50. The summed E-state index contributed by atoms with van der Waals surface area (Å²) in [6.07, 6.45) is 0.446. The van der Waals surface area contributed by atoms with Gasteiger partial charge < -0.3 is 15.0 Å². The third-order valence-electron chi connectivity index (χ3n) is 4.65. The van der Waals surface area contributed by atoms with Gasteiger partial charge in [0.2, 0.25) is 5.91 Å². The molecule has 174 valence electrons. The Bertz CT molecular complexity index is 956. The minimum Gasteiger partial charge on any atom is -0.483 e. The van der Waals surface area contributed by atoms with E-state index in [2.05, 4.69) is 21.2 Å². The van der Waals surface area contributed by atoms with Crippen molar-refractivity contribution in [1.82, 2.24) is 10.2 Å². The minimum absolute atomic E-state index is 0.189. The number of rotatable bonds is 10. The van der Waals surface area contributed by atoms with E-state index in [1.165, 1.54) is 4.90 Å². The summed E-state index contributed by atoms with van der Waals surface area (Å²) in [7, 11) is 0. The van der Waals surface area contributed by atoms with E-state index in [4.69, 9.17) is 39.5 Å². The zero-order chi connectivity index (χ0) is 23.8. The molecule has 2 aromatic carbocycles. The van der Waals surface area contributed by atoms with Crippen molar-refractivity contribution in [2.75, 3.05) is 13.2 Å². The molecule has 0 spiro atoms. The lowest BCUT2D eigenvalue weighted by Gasteiger charge is -2.31.